The van der Waals surface area contributed by atoms with Gasteiger partial charge in [-0.3, -0.25) is 9.59 Å². The van der Waals surface area contributed by atoms with Crippen molar-refractivity contribution in [1.29, 1.82) is 0 Å². The van der Waals surface area contributed by atoms with Crippen LogP contribution >= 0.6 is 0 Å². The number of aryl methyl sites for hydroxylation is 1. The van der Waals surface area contributed by atoms with E-state index in [1.165, 1.54) is 5.56 Å². The Morgan fingerprint density at radius 3 is 2.67 bits per heavy atom. The lowest BCUT2D eigenvalue weighted by Gasteiger charge is -2.23. The summed E-state index contributed by atoms with van der Waals surface area (Å²) >= 11 is 0. The lowest BCUT2D eigenvalue weighted by molar-refractivity contribution is -0.169. The van der Waals surface area contributed by atoms with Gasteiger partial charge in [-0.2, -0.15) is 0 Å². The summed E-state index contributed by atoms with van der Waals surface area (Å²) in [6.45, 7) is 0.925. The van der Waals surface area contributed by atoms with Crippen LogP contribution in [0.1, 0.15) is 37.7 Å². The minimum absolute atomic E-state index is 0.0941. The van der Waals surface area contributed by atoms with E-state index in [9.17, 15) is 9.59 Å². The Balaban J connectivity index is 1.44. The molecular formula is C17H22O4. The lowest BCUT2D eigenvalue weighted by Crippen LogP contribution is -2.34. The maximum atomic E-state index is 11.5. The molecule has 1 aliphatic rings. The average molecular weight is 290 g/mol. The van der Waals surface area contributed by atoms with Crippen LogP contribution in [-0.2, 0) is 25.5 Å². The number of unbranched alkanes of at least 4 members (excludes halogenated alkanes) is 2. The van der Waals surface area contributed by atoms with E-state index >= 15 is 0 Å². The van der Waals surface area contributed by atoms with E-state index in [2.05, 4.69) is 29.0 Å². The van der Waals surface area contributed by atoms with Crippen molar-refractivity contribution in [2.45, 2.75) is 38.5 Å². The summed E-state index contributed by atoms with van der Waals surface area (Å²) in [7, 11) is 0. The molecule has 1 aromatic rings. The quantitative estimate of drug-likeness (QED) is 0.518. The maximum Gasteiger partial charge on any atom is 0.312 e. The Labute approximate surface area is 125 Å². The highest BCUT2D eigenvalue weighted by Gasteiger charge is 2.30. The Morgan fingerprint density at radius 1 is 1.19 bits per heavy atom. The summed E-state index contributed by atoms with van der Waals surface area (Å²) in [6, 6.07) is 10.4. The summed E-state index contributed by atoms with van der Waals surface area (Å²) in [5.41, 5.74) is 1.35. The molecule has 0 aromatic heterocycles. The monoisotopic (exact) mass is 290 g/mol. The van der Waals surface area contributed by atoms with Crippen LogP contribution in [0.2, 0.25) is 0 Å². The zero-order chi connectivity index (χ0) is 14.9. The SMILES string of the molecule is O=C(CC[C@H]1COC1=O)OCCCCCc1ccccc1. The number of ether oxygens (including phenoxy) is 2. The molecule has 1 heterocycles. The number of carbonyl (C=O) groups is 2. The first-order valence-electron chi connectivity index (χ1n) is 7.62. The van der Waals surface area contributed by atoms with Crippen molar-refractivity contribution in [3.63, 3.8) is 0 Å². The Bertz CT molecular complexity index is 455. The molecule has 1 aromatic carbocycles. The van der Waals surface area contributed by atoms with Gasteiger partial charge in [-0.25, -0.2) is 0 Å². The molecule has 0 spiro atoms. The zero-order valence-corrected chi connectivity index (χ0v) is 12.3. The van der Waals surface area contributed by atoms with Crippen molar-refractivity contribution in [3.05, 3.63) is 35.9 Å². The highest BCUT2D eigenvalue weighted by atomic mass is 16.6. The molecule has 1 aliphatic heterocycles. The van der Waals surface area contributed by atoms with Gasteiger partial charge in [0, 0.05) is 6.42 Å². The van der Waals surface area contributed by atoms with Crippen LogP contribution in [-0.4, -0.2) is 25.2 Å². The predicted molar refractivity (Wildman–Crippen MR) is 78.6 cm³/mol. The molecule has 0 unspecified atom stereocenters. The molecule has 0 amide bonds. The third-order valence-electron chi connectivity index (χ3n) is 3.67. The molecule has 1 atom stereocenters. The molecule has 114 valence electrons. The fourth-order valence-corrected chi connectivity index (χ4v) is 2.27. The summed E-state index contributed by atoms with van der Waals surface area (Å²) in [6.07, 6.45) is 4.98. The van der Waals surface area contributed by atoms with Crippen molar-refractivity contribution in [3.8, 4) is 0 Å². The third kappa shape index (κ3) is 5.58. The van der Waals surface area contributed by atoms with Crippen LogP contribution in [0.3, 0.4) is 0 Å². The highest BCUT2D eigenvalue weighted by Crippen LogP contribution is 2.18. The van der Waals surface area contributed by atoms with Crippen LogP contribution < -0.4 is 0 Å². The largest absolute Gasteiger partial charge is 0.466 e. The fraction of sp³-hybridized carbons (Fsp3) is 0.529. The van der Waals surface area contributed by atoms with Gasteiger partial charge >= 0.3 is 11.9 Å². The molecular weight excluding hydrogens is 268 g/mol. The van der Waals surface area contributed by atoms with Crippen molar-refractivity contribution < 1.29 is 19.1 Å². The number of hydrogen-bond donors (Lipinski definition) is 0. The number of rotatable bonds is 9. The zero-order valence-electron chi connectivity index (χ0n) is 12.3. The molecule has 4 nitrogen and oxygen atoms in total. The molecule has 0 radical (unpaired) electrons. The first-order valence-corrected chi connectivity index (χ1v) is 7.62. The van der Waals surface area contributed by atoms with Gasteiger partial charge in [-0.15, -0.1) is 0 Å². The summed E-state index contributed by atoms with van der Waals surface area (Å²) in [4.78, 5) is 22.4. The predicted octanol–water partition coefficient (Wildman–Crippen LogP) is 2.90. The molecule has 0 aliphatic carbocycles. The van der Waals surface area contributed by atoms with Gasteiger partial charge in [-0.1, -0.05) is 30.3 Å². The highest BCUT2D eigenvalue weighted by molar-refractivity contribution is 5.78. The maximum absolute atomic E-state index is 11.5. The number of benzene rings is 1. The second kappa shape index (κ2) is 8.45. The Morgan fingerprint density at radius 2 is 2.00 bits per heavy atom. The van der Waals surface area contributed by atoms with Crippen molar-refractivity contribution in [2.24, 2.45) is 5.92 Å². The molecule has 21 heavy (non-hydrogen) atoms. The van der Waals surface area contributed by atoms with Crippen LogP contribution in [0.4, 0.5) is 0 Å². The fourth-order valence-electron chi connectivity index (χ4n) is 2.27. The average Bonchev–Trinajstić information content (AvgIpc) is 2.50. The summed E-state index contributed by atoms with van der Waals surface area (Å²) in [5, 5.41) is 0. The normalized spacial score (nSPS) is 17.0. The van der Waals surface area contributed by atoms with Gasteiger partial charge < -0.3 is 9.47 Å². The molecule has 0 bridgehead atoms. The molecule has 1 saturated heterocycles. The van der Waals surface area contributed by atoms with E-state index in [1.807, 2.05) is 6.07 Å². The second-order valence-electron chi connectivity index (χ2n) is 5.38. The van der Waals surface area contributed by atoms with Crippen LogP contribution in [0, 0.1) is 5.92 Å². The summed E-state index contributed by atoms with van der Waals surface area (Å²) in [5.74, 6) is -0.495. The van der Waals surface area contributed by atoms with E-state index in [4.69, 9.17) is 4.74 Å². The minimum Gasteiger partial charge on any atom is -0.466 e. The molecule has 4 heteroatoms. The van der Waals surface area contributed by atoms with E-state index in [0.717, 1.165) is 25.7 Å². The van der Waals surface area contributed by atoms with Crippen molar-refractivity contribution in [2.75, 3.05) is 13.2 Å². The second-order valence-corrected chi connectivity index (χ2v) is 5.38. The van der Waals surface area contributed by atoms with E-state index < -0.39 is 0 Å². The molecule has 0 saturated carbocycles. The first kappa shape index (κ1) is 15.5. The van der Waals surface area contributed by atoms with E-state index in [-0.39, 0.29) is 17.9 Å². The topological polar surface area (TPSA) is 52.6 Å². The first-order chi connectivity index (χ1) is 10.3. The Hall–Kier alpha value is -1.84. The van der Waals surface area contributed by atoms with Gasteiger partial charge in [-0.05, 0) is 37.7 Å². The molecule has 1 fully saturated rings. The van der Waals surface area contributed by atoms with Crippen LogP contribution in [0.25, 0.3) is 0 Å². The van der Waals surface area contributed by atoms with Gasteiger partial charge in [0.15, 0.2) is 0 Å². The van der Waals surface area contributed by atoms with Crippen molar-refractivity contribution in [1.82, 2.24) is 0 Å². The summed E-state index contributed by atoms with van der Waals surface area (Å²) < 4.78 is 9.80. The lowest BCUT2D eigenvalue weighted by atomic mass is 10.0. The third-order valence-corrected chi connectivity index (χ3v) is 3.67. The van der Waals surface area contributed by atoms with Crippen LogP contribution in [0.5, 0.6) is 0 Å². The van der Waals surface area contributed by atoms with Gasteiger partial charge in [0.25, 0.3) is 0 Å². The van der Waals surface area contributed by atoms with Crippen LogP contribution in [0.15, 0.2) is 30.3 Å². The molecule has 0 N–H and O–H groups in total. The molecule has 2 rings (SSSR count). The number of carbonyl (C=O) groups excluding carboxylic acids is 2. The van der Waals surface area contributed by atoms with E-state index in [0.29, 0.717) is 26.1 Å². The minimum atomic E-state index is -0.210. The van der Waals surface area contributed by atoms with Gasteiger partial charge in [0.1, 0.15) is 6.61 Å². The van der Waals surface area contributed by atoms with E-state index in [1.54, 1.807) is 0 Å². The number of cyclic esters (lactones) is 1. The Kier molecular flexibility index (Phi) is 6.25. The van der Waals surface area contributed by atoms with Crippen molar-refractivity contribution >= 4 is 11.9 Å². The number of esters is 2. The smallest absolute Gasteiger partial charge is 0.312 e. The standard InChI is InChI=1S/C17H22O4/c18-16(11-10-15-13-21-17(15)19)20-12-6-2-5-9-14-7-3-1-4-8-14/h1,3-4,7-8,15H,2,5-6,9-13H2/t15-/m0/s1. The van der Waals surface area contributed by atoms with Gasteiger partial charge in [0.2, 0.25) is 0 Å². The number of hydrogen-bond acceptors (Lipinski definition) is 4. The van der Waals surface area contributed by atoms with Gasteiger partial charge in [0.05, 0.1) is 12.5 Å².